The molecule has 3 heteroatoms. The quantitative estimate of drug-likeness (QED) is 0.865. The Bertz CT molecular complexity index is 452. The molecule has 1 N–H and O–H groups in total. The van der Waals surface area contributed by atoms with Crippen molar-refractivity contribution < 1.29 is 8.78 Å². The third-order valence-corrected chi connectivity index (χ3v) is 5.07. The molecule has 1 nitrogen and oxygen atoms in total. The van der Waals surface area contributed by atoms with Crippen molar-refractivity contribution in [3.63, 3.8) is 0 Å². The Hall–Kier alpha value is -0.960. The highest BCUT2D eigenvalue weighted by atomic mass is 19.1. The molecule has 2 saturated carbocycles. The summed E-state index contributed by atoms with van der Waals surface area (Å²) in [5.41, 5.74) is 0.903. The Labute approximate surface area is 113 Å². The number of benzene rings is 1. The van der Waals surface area contributed by atoms with Crippen molar-refractivity contribution >= 4 is 0 Å². The zero-order valence-electron chi connectivity index (χ0n) is 11.2. The molecule has 104 valence electrons. The Balaban J connectivity index is 1.61. The molecule has 2 fully saturated rings. The Morgan fingerprint density at radius 1 is 1.11 bits per heavy atom. The maximum atomic E-state index is 13.6. The molecular weight excluding hydrogens is 244 g/mol. The first-order chi connectivity index (χ1) is 9.20. The van der Waals surface area contributed by atoms with Crippen LogP contribution >= 0.6 is 0 Å². The molecule has 2 aliphatic carbocycles. The summed E-state index contributed by atoms with van der Waals surface area (Å²) in [6, 6.07) is 4.18. The number of hydrogen-bond donors (Lipinski definition) is 1. The molecule has 1 spiro atoms. The minimum atomic E-state index is -0.362. The zero-order valence-corrected chi connectivity index (χ0v) is 11.2. The van der Waals surface area contributed by atoms with Crippen LogP contribution in [0.2, 0.25) is 0 Å². The van der Waals surface area contributed by atoms with E-state index in [0.717, 1.165) is 0 Å². The molecule has 1 unspecified atom stereocenters. The lowest BCUT2D eigenvalue weighted by molar-refractivity contribution is 0.0220. The minimum absolute atomic E-state index is 0.314. The number of rotatable bonds is 3. The van der Waals surface area contributed by atoms with Gasteiger partial charge in [-0.25, -0.2) is 8.78 Å². The van der Waals surface area contributed by atoms with Gasteiger partial charge in [0.05, 0.1) is 0 Å². The van der Waals surface area contributed by atoms with Gasteiger partial charge in [-0.2, -0.15) is 0 Å². The van der Waals surface area contributed by atoms with Crippen molar-refractivity contribution in [2.45, 2.75) is 57.5 Å². The summed E-state index contributed by atoms with van der Waals surface area (Å²) in [5, 5.41) is 3.46. The SMILES string of the molecule is Fc1ccc(F)c(CNC2CCC23CCCCC3)c1. The second-order valence-electron chi connectivity index (χ2n) is 6.13. The van der Waals surface area contributed by atoms with Gasteiger partial charge in [0.2, 0.25) is 0 Å². The fourth-order valence-corrected chi connectivity index (χ4v) is 3.78. The third kappa shape index (κ3) is 2.53. The van der Waals surface area contributed by atoms with Crippen LogP contribution in [-0.2, 0) is 6.54 Å². The predicted octanol–water partition coefficient (Wildman–Crippen LogP) is 4.17. The molecule has 0 aromatic heterocycles. The number of halogens is 2. The summed E-state index contributed by atoms with van der Waals surface area (Å²) in [4.78, 5) is 0. The van der Waals surface area contributed by atoms with Crippen molar-refractivity contribution in [2.24, 2.45) is 5.41 Å². The minimum Gasteiger partial charge on any atom is -0.309 e. The zero-order chi connectivity index (χ0) is 13.3. The standard InChI is InChI=1S/C16H21F2N/c17-13-4-5-14(18)12(10-13)11-19-15-6-9-16(15)7-2-1-3-8-16/h4-5,10,15,19H,1-3,6-9,11H2. The average molecular weight is 265 g/mol. The van der Waals surface area contributed by atoms with E-state index in [2.05, 4.69) is 5.32 Å². The van der Waals surface area contributed by atoms with E-state index in [1.807, 2.05) is 0 Å². The van der Waals surface area contributed by atoms with Crippen molar-refractivity contribution in [3.8, 4) is 0 Å². The van der Waals surface area contributed by atoms with Gasteiger partial charge in [0.25, 0.3) is 0 Å². The van der Waals surface area contributed by atoms with E-state index in [9.17, 15) is 8.78 Å². The van der Waals surface area contributed by atoms with E-state index in [1.54, 1.807) is 0 Å². The first kappa shape index (κ1) is 13.0. The van der Waals surface area contributed by atoms with Crippen LogP contribution in [0.4, 0.5) is 8.78 Å². The number of hydrogen-bond acceptors (Lipinski definition) is 1. The summed E-state index contributed by atoms with van der Waals surface area (Å²) in [6.45, 7) is 0.440. The normalized spacial score (nSPS) is 25.3. The van der Waals surface area contributed by atoms with E-state index in [0.29, 0.717) is 23.6 Å². The Kier molecular flexibility index (Phi) is 3.57. The van der Waals surface area contributed by atoms with Gasteiger partial charge >= 0.3 is 0 Å². The van der Waals surface area contributed by atoms with Gasteiger partial charge in [-0.05, 0) is 49.3 Å². The molecule has 0 bridgehead atoms. The van der Waals surface area contributed by atoms with Crippen molar-refractivity contribution in [1.29, 1.82) is 0 Å². The molecule has 1 aromatic carbocycles. The van der Waals surface area contributed by atoms with Crippen LogP contribution in [0.3, 0.4) is 0 Å². The topological polar surface area (TPSA) is 12.0 Å². The molecule has 3 rings (SSSR count). The van der Waals surface area contributed by atoms with Gasteiger partial charge in [0, 0.05) is 18.2 Å². The fourth-order valence-electron chi connectivity index (χ4n) is 3.78. The molecule has 0 saturated heterocycles. The van der Waals surface area contributed by atoms with Crippen LogP contribution < -0.4 is 5.32 Å². The van der Waals surface area contributed by atoms with Crippen LogP contribution in [-0.4, -0.2) is 6.04 Å². The second kappa shape index (κ2) is 5.20. The maximum Gasteiger partial charge on any atom is 0.127 e. The molecule has 0 aliphatic heterocycles. The summed E-state index contributed by atoms with van der Waals surface area (Å²) in [6.07, 6.45) is 9.09. The maximum absolute atomic E-state index is 13.6. The third-order valence-electron chi connectivity index (χ3n) is 5.07. The average Bonchev–Trinajstić information content (AvgIpc) is 2.42. The van der Waals surface area contributed by atoms with Gasteiger partial charge in [-0.3, -0.25) is 0 Å². The van der Waals surface area contributed by atoms with Gasteiger partial charge < -0.3 is 5.32 Å². The summed E-state index contributed by atoms with van der Waals surface area (Å²) in [7, 11) is 0. The lowest BCUT2D eigenvalue weighted by Gasteiger charge is -2.52. The largest absolute Gasteiger partial charge is 0.309 e. The Morgan fingerprint density at radius 2 is 1.89 bits per heavy atom. The van der Waals surface area contributed by atoms with Crippen LogP contribution in [0, 0.1) is 17.0 Å². The fraction of sp³-hybridized carbons (Fsp3) is 0.625. The summed E-state index contributed by atoms with van der Waals surface area (Å²) < 4.78 is 26.7. The highest BCUT2D eigenvalue weighted by Crippen LogP contribution is 2.51. The summed E-state index contributed by atoms with van der Waals surface area (Å²) in [5.74, 6) is -0.676. The van der Waals surface area contributed by atoms with Gasteiger partial charge in [0.1, 0.15) is 11.6 Å². The van der Waals surface area contributed by atoms with Crippen molar-refractivity contribution in [3.05, 3.63) is 35.4 Å². The molecule has 0 radical (unpaired) electrons. The van der Waals surface area contributed by atoms with Gasteiger partial charge in [0.15, 0.2) is 0 Å². The number of nitrogens with one attached hydrogen (secondary N) is 1. The Morgan fingerprint density at radius 3 is 2.58 bits per heavy atom. The highest BCUT2D eigenvalue weighted by molar-refractivity contribution is 5.19. The predicted molar refractivity (Wildman–Crippen MR) is 71.7 cm³/mol. The smallest absolute Gasteiger partial charge is 0.127 e. The van der Waals surface area contributed by atoms with Gasteiger partial charge in [-0.1, -0.05) is 19.3 Å². The van der Waals surface area contributed by atoms with E-state index in [-0.39, 0.29) is 11.6 Å². The molecule has 1 aromatic rings. The monoisotopic (exact) mass is 265 g/mol. The van der Waals surface area contributed by atoms with Crippen LogP contribution in [0.15, 0.2) is 18.2 Å². The van der Waals surface area contributed by atoms with Gasteiger partial charge in [-0.15, -0.1) is 0 Å². The van der Waals surface area contributed by atoms with E-state index >= 15 is 0 Å². The molecule has 1 atom stereocenters. The molecule has 0 heterocycles. The molecule has 19 heavy (non-hydrogen) atoms. The molecule has 2 aliphatic rings. The first-order valence-corrected chi connectivity index (χ1v) is 7.37. The molecular formula is C16H21F2N. The lowest BCUT2D eigenvalue weighted by Crippen LogP contribution is -2.54. The van der Waals surface area contributed by atoms with Crippen LogP contribution in [0.25, 0.3) is 0 Å². The van der Waals surface area contributed by atoms with E-state index in [1.165, 1.54) is 63.1 Å². The highest BCUT2D eigenvalue weighted by Gasteiger charge is 2.46. The van der Waals surface area contributed by atoms with Crippen molar-refractivity contribution in [1.82, 2.24) is 5.32 Å². The van der Waals surface area contributed by atoms with Crippen molar-refractivity contribution in [2.75, 3.05) is 0 Å². The van der Waals surface area contributed by atoms with E-state index in [4.69, 9.17) is 0 Å². The summed E-state index contributed by atoms with van der Waals surface area (Å²) >= 11 is 0. The molecule has 0 amide bonds. The first-order valence-electron chi connectivity index (χ1n) is 7.37. The van der Waals surface area contributed by atoms with Crippen LogP contribution in [0.5, 0.6) is 0 Å². The lowest BCUT2D eigenvalue weighted by atomic mass is 9.57. The van der Waals surface area contributed by atoms with Crippen LogP contribution in [0.1, 0.15) is 50.5 Å². The second-order valence-corrected chi connectivity index (χ2v) is 6.13. The van der Waals surface area contributed by atoms with E-state index < -0.39 is 0 Å².